The average Bonchev–Trinajstić information content (AvgIpc) is 2.54. The molecule has 0 bridgehead atoms. The first kappa shape index (κ1) is 12.0. The van der Waals surface area contributed by atoms with Crippen molar-refractivity contribution in [2.45, 2.75) is 26.0 Å². The van der Waals surface area contributed by atoms with Crippen LogP contribution in [-0.4, -0.2) is 35.7 Å². The van der Waals surface area contributed by atoms with Gasteiger partial charge in [-0.25, -0.2) is 4.98 Å². The van der Waals surface area contributed by atoms with E-state index in [0.717, 1.165) is 38.2 Å². The SMILES string of the molecule is CC1CN(Cc2cccnc2C#N)CCCO1. The standard InChI is InChI=1S/C13H17N3O/c1-11-9-16(6-3-7-17-11)10-12-4-2-5-15-13(12)8-14/h2,4-5,11H,3,6-7,9-10H2,1H3. The van der Waals surface area contributed by atoms with E-state index in [1.54, 1.807) is 6.20 Å². The van der Waals surface area contributed by atoms with Crippen LogP contribution in [0.5, 0.6) is 0 Å². The molecule has 4 heteroatoms. The van der Waals surface area contributed by atoms with E-state index in [0.29, 0.717) is 5.69 Å². The molecule has 1 unspecified atom stereocenters. The molecule has 0 amide bonds. The number of ether oxygens (including phenoxy) is 1. The van der Waals surface area contributed by atoms with E-state index in [1.807, 2.05) is 12.1 Å². The zero-order valence-electron chi connectivity index (χ0n) is 10.1. The number of hydrogen-bond donors (Lipinski definition) is 0. The van der Waals surface area contributed by atoms with Gasteiger partial charge >= 0.3 is 0 Å². The predicted molar refractivity (Wildman–Crippen MR) is 64.3 cm³/mol. The van der Waals surface area contributed by atoms with Gasteiger partial charge in [0.1, 0.15) is 11.8 Å². The van der Waals surface area contributed by atoms with Crippen LogP contribution in [0.1, 0.15) is 24.6 Å². The van der Waals surface area contributed by atoms with Gasteiger partial charge in [-0.05, 0) is 19.4 Å². The van der Waals surface area contributed by atoms with Crippen molar-refractivity contribution in [3.8, 4) is 6.07 Å². The van der Waals surface area contributed by atoms with Crippen LogP contribution in [0.15, 0.2) is 18.3 Å². The molecule has 0 aliphatic carbocycles. The van der Waals surface area contributed by atoms with Crippen molar-refractivity contribution in [3.05, 3.63) is 29.6 Å². The van der Waals surface area contributed by atoms with Crippen LogP contribution >= 0.6 is 0 Å². The Morgan fingerprint density at radius 2 is 2.53 bits per heavy atom. The van der Waals surface area contributed by atoms with Crippen molar-refractivity contribution in [3.63, 3.8) is 0 Å². The molecule has 0 N–H and O–H groups in total. The topological polar surface area (TPSA) is 49.2 Å². The molecule has 1 aromatic heterocycles. The van der Waals surface area contributed by atoms with E-state index >= 15 is 0 Å². The minimum atomic E-state index is 0.264. The molecule has 2 heterocycles. The van der Waals surface area contributed by atoms with Crippen molar-refractivity contribution >= 4 is 0 Å². The second-order valence-corrected chi connectivity index (χ2v) is 4.39. The maximum atomic E-state index is 9.00. The number of pyridine rings is 1. The molecule has 1 aliphatic heterocycles. The van der Waals surface area contributed by atoms with Gasteiger partial charge in [0.2, 0.25) is 0 Å². The molecule has 1 fully saturated rings. The van der Waals surface area contributed by atoms with Crippen molar-refractivity contribution in [1.82, 2.24) is 9.88 Å². The molecule has 0 spiro atoms. The van der Waals surface area contributed by atoms with Crippen molar-refractivity contribution < 1.29 is 4.74 Å². The molecule has 17 heavy (non-hydrogen) atoms. The van der Waals surface area contributed by atoms with Gasteiger partial charge in [0.05, 0.1) is 6.10 Å². The lowest BCUT2D eigenvalue weighted by Gasteiger charge is -2.21. The van der Waals surface area contributed by atoms with Crippen LogP contribution in [0, 0.1) is 11.3 Å². The van der Waals surface area contributed by atoms with Gasteiger partial charge in [-0.2, -0.15) is 5.26 Å². The summed E-state index contributed by atoms with van der Waals surface area (Å²) in [4.78, 5) is 6.41. The van der Waals surface area contributed by atoms with Gasteiger partial charge < -0.3 is 4.74 Å². The lowest BCUT2D eigenvalue weighted by atomic mass is 10.2. The number of rotatable bonds is 2. The molecular formula is C13H17N3O. The predicted octanol–water partition coefficient (Wildman–Crippen LogP) is 1.56. The summed E-state index contributed by atoms with van der Waals surface area (Å²) in [5.41, 5.74) is 1.54. The summed E-state index contributed by atoms with van der Waals surface area (Å²) in [5, 5.41) is 9.00. The van der Waals surface area contributed by atoms with Crippen LogP contribution in [0.2, 0.25) is 0 Å². The lowest BCUT2D eigenvalue weighted by Crippen LogP contribution is -2.30. The monoisotopic (exact) mass is 231 g/mol. The van der Waals surface area contributed by atoms with E-state index in [4.69, 9.17) is 10.00 Å². The Hall–Kier alpha value is -1.44. The maximum absolute atomic E-state index is 9.00. The summed E-state index contributed by atoms with van der Waals surface area (Å²) in [6, 6.07) is 6.00. The molecule has 90 valence electrons. The quantitative estimate of drug-likeness (QED) is 0.775. The lowest BCUT2D eigenvalue weighted by molar-refractivity contribution is 0.0668. The fraction of sp³-hybridized carbons (Fsp3) is 0.538. The Bertz CT molecular complexity index is 413. The van der Waals surface area contributed by atoms with Gasteiger partial charge in [0.15, 0.2) is 0 Å². The molecule has 1 aliphatic rings. The maximum Gasteiger partial charge on any atom is 0.144 e. The van der Waals surface area contributed by atoms with E-state index in [2.05, 4.69) is 22.9 Å². The molecule has 1 aromatic rings. The fourth-order valence-corrected chi connectivity index (χ4v) is 2.13. The Balaban J connectivity index is 2.06. The van der Waals surface area contributed by atoms with Gasteiger partial charge in [0, 0.05) is 38.0 Å². The van der Waals surface area contributed by atoms with Gasteiger partial charge in [-0.15, -0.1) is 0 Å². The number of nitriles is 1. The highest BCUT2D eigenvalue weighted by molar-refractivity contribution is 5.30. The molecule has 1 saturated heterocycles. The van der Waals surface area contributed by atoms with E-state index < -0.39 is 0 Å². The fourth-order valence-electron chi connectivity index (χ4n) is 2.13. The summed E-state index contributed by atoms with van der Waals surface area (Å²) in [6.07, 6.45) is 2.97. The first-order chi connectivity index (χ1) is 8.29. The molecule has 0 saturated carbocycles. The minimum Gasteiger partial charge on any atom is -0.377 e. The average molecular weight is 231 g/mol. The summed E-state index contributed by atoms with van der Waals surface area (Å²) < 4.78 is 5.61. The molecule has 2 rings (SSSR count). The zero-order valence-corrected chi connectivity index (χ0v) is 10.1. The van der Waals surface area contributed by atoms with Crippen LogP contribution in [0.3, 0.4) is 0 Å². The van der Waals surface area contributed by atoms with Crippen molar-refractivity contribution in [2.75, 3.05) is 19.7 Å². The van der Waals surface area contributed by atoms with Crippen molar-refractivity contribution in [2.24, 2.45) is 0 Å². The normalized spacial score (nSPS) is 21.8. The smallest absolute Gasteiger partial charge is 0.144 e. The Morgan fingerprint density at radius 1 is 1.65 bits per heavy atom. The Morgan fingerprint density at radius 3 is 3.35 bits per heavy atom. The summed E-state index contributed by atoms with van der Waals surface area (Å²) >= 11 is 0. The second-order valence-electron chi connectivity index (χ2n) is 4.39. The summed E-state index contributed by atoms with van der Waals surface area (Å²) in [7, 11) is 0. The summed E-state index contributed by atoms with van der Waals surface area (Å²) in [6.45, 7) is 5.64. The molecular weight excluding hydrogens is 214 g/mol. The third-order valence-corrected chi connectivity index (χ3v) is 2.93. The second kappa shape index (κ2) is 5.76. The van der Waals surface area contributed by atoms with E-state index in [1.165, 1.54) is 0 Å². The van der Waals surface area contributed by atoms with Crippen LogP contribution in [0.4, 0.5) is 0 Å². The zero-order chi connectivity index (χ0) is 12.1. The first-order valence-electron chi connectivity index (χ1n) is 5.97. The highest BCUT2D eigenvalue weighted by atomic mass is 16.5. The highest BCUT2D eigenvalue weighted by Gasteiger charge is 2.16. The van der Waals surface area contributed by atoms with Crippen molar-refractivity contribution in [1.29, 1.82) is 5.26 Å². The van der Waals surface area contributed by atoms with Gasteiger partial charge in [-0.1, -0.05) is 6.07 Å². The van der Waals surface area contributed by atoms with Crippen LogP contribution in [-0.2, 0) is 11.3 Å². The van der Waals surface area contributed by atoms with Crippen LogP contribution in [0.25, 0.3) is 0 Å². The van der Waals surface area contributed by atoms with Gasteiger partial charge in [-0.3, -0.25) is 4.90 Å². The van der Waals surface area contributed by atoms with E-state index in [9.17, 15) is 0 Å². The third-order valence-electron chi connectivity index (χ3n) is 2.93. The third kappa shape index (κ3) is 3.26. The Labute approximate surface area is 102 Å². The number of aromatic nitrogens is 1. The molecule has 1 atom stereocenters. The number of nitrogens with zero attached hydrogens (tertiary/aromatic N) is 3. The molecule has 0 aromatic carbocycles. The first-order valence-corrected chi connectivity index (χ1v) is 5.97. The highest BCUT2D eigenvalue weighted by Crippen LogP contribution is 2.12. The van der Waals surface area contributed by atoms with E-state index in [-0.39, 0.29) is 6.10 Å². The van der Waals surface area contributed by atoms with Gasteiger partial charge in [0.25, 0.3) is 0 Å². The molecule has 4 nitrogen and oxygen atoms in total. The molecule has 0 radical (unpaired) electrons. The minimum absolute atomic E-state index is 0.264. The number of hydrogen-bond acceptors (Lipinski definition) is 4. The largest absolute Gasteiger partial charge is 0.377 e. The Kier molecular flexibility index (Phi) is 4.08. The summed E-state index contributed by atoms with van der Waals surface area (Å²) in [5.74, 6) is 0. The van der Waals surface area contributed by atoms with Crippen LogP contribution < -0.4 is 0 Å².